The van der Waals surface area contributed by atoms with Crippen LogP contribution in [-0.4, -0.2) is 40.6 Å². The highest BCUT2D eigenvalue weighted by Crippen LogP contribution is 2.26. The van der Waals surface area contributed by atoms with Crippen molar-refractivity contribution in [3.05, 3.63) is 29.3 Å². The van der Waals surface area contributed by atoms with Crippen LogP contribution < -0.4 is 4.74 Å². The highest BCUT2D eigenvalue weighted by atomic mass is 16.5. The molecule has 0 radical (unpaired) electrons. The van der Waals surface area contributed by atoms with Crippen LogP contribution >= 0.6 is 0 Å². The van der Waals surface area contributed by atoms with Crippen LogP contribution in [0, 0.1) is 0 Å². The van der Waals surface area contributed by atoms with Crippen molar-refractivity contribution in [1.29, 1.82) is 0 Å². The Bertz CT molecular complexity index is 597. The van der Waals surface area contributed by atoms with Crippen LogP contribution in [-0.2, 0) is 0 Å². The average Bonchev–Trinajstić information content (AvgIpc) is 2.99. The summed E-state index contributed by atoms with van der Waals surface area (Å²) in [5, 5.41) is 9.30. The number of nitrogens with zero attached hydrogens (tertiary/aromatic N) is 1. The summed E-state index contributed by atoms with van der Waals surface area (Å²) in [6.07, 6.45) is 5.18. The fourth-order valence-electron chi connectivity index (χ4n) is 3.19. The third-order valence-electron chi connectivity index (χ3n) is 4.30. The Morgan fingerprint density at radius 2 is 2.00 bits per heavy atom. The second-order valence-electron chi connectivity index (χ2n) is 6.65. The minimum atomic E-state index is -1.05. The molecule has 1 heterocycles. The molecule has 2 rings (SSSR count). The molecule has 1 aromatic carbocycles. The van der Waals surface area contributed by atoms with Gasteiger partial charge in [0.15, 0.2) is 0 Å². The fourth-order valence-corrected chi connectivity index (χ4v) is 3.19. The van der Waals surface area contributed by atoms with Crippen LogP contribution in [0.1, 0.15) is 73.6 Å². The van der Waals surface area contributed by atoms with Gasteiger partial charge in [-0.15, -0.1) is 0 Å². The number of rotatable bonds is 7. The molecule has 0 bridgehead atoms. The van der Waals surface area contributed by atoms with Crippen molar-refractivity contribution in [2.24, 2.45) is 0 Å². The van der Waals surface area contributed by atoms with Crippen LogP contribution in [0.5, 0.6) is 5.75 Å². The molecule has 1 fully saturated rings. The van der Waals surface area contributed by atoms with Gasteiger partial charge in [-0.1, -0.05) is 19.8 Å². The summed E-state index contributed by atoms with van der Waals surface area (Å²) in [6, 6.07) is 4.84. The molecule has 0 saturated carbocycles. The maximum atomic E-state index is 12.9. The number of unbranched alkanes of at least 4 members (excludes halogenated alkanes) is 1. The Kier molecular flexibility index (Phi) is 6.23. The lowest BCUT2D eigenvalue weighted by atomic mass is 10.1. The third-order valence-corrected chi connectivity index (χ3v) is 4.30. The number of carbonyl (C=O) groups is 2. The average molecular weight is 333 g/mol. The number of amides is 1. The van der Waals surface area contributed by atoms with E-state index in [1.54, 1.807) is 6.07 Å². The van der Waals surface area contributed by atoms with Crippen molar-refractivity contribution in [3.63, 3.8) is 0 Å². The Morgan fingerprint density at radius 3 is 2.62 bits per heavy atom. The van der Waals surface area contributed by atoms with Crippen molar-refractivity contribution >= 4 is 11.9 Å². The molecule has 1 amide bonds. The molecule has 1 aliphatic rings. The van der Waals surface area contributed by atoms with E-state index in [-0.39, 0.29) is 23.6 Å². The Balaban J connectivity index is 2.26. The number of hydrogen-bond acceptors (Lipinski definition) is 3. The van der Waals surface area contributed by atoms with Gasteiger partial charge in [0.2, 0.25) is 0 Å². The molecule has 0 unspecified atom stereocenters. The van der Waals surface area contributed by atoms with Crippen LogP contribution in [0.4, 0.5) is 0 Å². The van der Waals surface area contributed by atoms with Crippen molar-refractivity contribution in [2.75, 3.05) is 6.54 Å². The molecule has 5 nitrogen and oxygen atoms in total. The second kappa shape index (κ2) is 8.18. The lowest BCUT2D eigenvalue weighted by Crippen LogP contribution is -2.35. The first kappa shape index (κ1) is 18.3. The SMILES string of the molecule is CCCC[C@H]1CCCN1C(=O)c1cc(OC(C)C)cc(C(=O)O)c1. The van der Waals surface area contributed by atoms with Gasteiger partial charge in [0.05, 0.1) is 11.7 Å². The van der Waals surface area contributed by atoms with Gasteiger partial charge in [0, 0.05) is 18.2 Å². The quantitative estimate of drug-likeness (QED) is 0.820. The summed E-state index contributed by atoms with van der Waals surface area (Å²) in [4.78, 5) is 26.2. The molecule has 1 atom stereocenters. The van der Waals surface area contributed by atoms with E-state index in [9.17, 15) is 14.7 Å². The first-order chi connectivity index (χ1) is 11.4. The first-order valence-corrected chi connectivity index (χ1v) is 8.78. The summed E-state index contributed by atoms with van der Waals surface area (Å²) in [5.41, 5.74) is 0.481. The molecule has 0 aliphatic carbocycles. The number of carbonyl (C=O) groups excluding carboxylic acids is 1. The van der Waals surface area contributed by atoms with E-state index in [0.29, 0.717) is 11.3 Å². The predicted octanol–water partition coefficient (Wildman–Crippen LogP) is 3.97. The lowest BCUT2D eigenvalue weighted by molar-refractivity contribution is 0.0696. The molecule has 0 aromatic heterocycles. The fraction of sp³-hybridized carbons (Fsp3) is 0.579. The number of hydrogen-bond donors (Lipinski definition) is 1. The molecule has 24 heavy (non-hydrogen) atoms. The number of benzene rings is 1. The lowest BCUT2D eigenvalue weighted by Gasteiger charge is -2.25. The minimum Gasteiger partial charge on any atom is -0.491 e. The molecular weight excluding hydrogens is 306 g/mol. The van der Waals surface area contributed by atoms with Crippen molar-refractivity contribution in [1.82, 2.24) is 4.90 Å². The topological polar surface area (TPSA) is 66.8 Å². The minimum absolute atomic E-state index is 0.0823. The van der Waals surface area contributed by atoms with Crippen molar-refractivity contribution in [2.45, 2.75) is 65.0 Å². The Morgan fingerprint density at radius 1 is 1.29 bits per heavy atom. The number of carboxylic acid groups (broad SMARTS) is 1. The zero-order chi connectivity index (χ0) is 17.7. The normalized spacial score (nSPS) is 17.3. The van der Waals surface area contributed by atoms with Crippen molar-refractivity contribution in [3.8, 4) is 5.75 Å². The molecule has 1 aliphatic heterocycles. The van der Waals surface area contributed by atoms with Crippen molar-refractivity contribution < 1.29 is 19.4 Å². The number of carboxylic acids is 1. The molecule has 1 saturated heterocycles. The van der Waals surface area contributed by atoms with Gasteiger partial charge in [0.1, 0.15) is 5.75 Å². The molecule has 132 valence electrons. The maximum absolute atomic E-state index is 12.9. The highest BCUT2D eigenvalue weighted by Gasteiger charge is 2.29. The molecule has 1 aromatic rings. The van der Waals surface area contributed by atoms with Gasteiger partial charge in [-0.05, 0) is 51.3 Å². The number of aromatic carboxylic acids is 1. The standard InChI is InChI=1S/C19H27NO4/c1-4-5-7-16-8-6-9-20(16)18(21)14-10-15(19(22)23)12-17(11-14)24-13(2)3/h10-13,16H,4-9H2,1-3H3,(H,22,23)/t16-/m0/s1. The van der Waals surface area contributed by atoms with E-state index >= 15 is 0 Å². The van der Waals surface area contributed by atoms with Crippen LogP contribution in [0.25, 0.3) is 0 Å². The van der Waals surface area contributed by atoms with Gasteiger partial charge < -0.3 is 14.7 Å². The van der Waals surface area contributed by atoms with Gasteiger partial charge in [-0.25, -0.2) is 4.79 Å². The van der Waals surface area contributed by atoms with Gasteiger partial charge in [-0.3, -0.25) is 4.79 Å². The summed E-state index contributed by atoms with van der Waals surface area (Å²) < 4.78 is 5.62. The Hall–Kier alpha value is -2.04. The Labute approximate surface area is 143 Å². The molecule has 5 heteroatoms. The van der Waals surface area contributed by atoms with E-state index < -0.39 is 5.97 Å². The van der Waals surface area contributed by atoms with E-state index in [2.05, 4.69) is 6.92 Å². The zero-order valence-electron chi connectivity index (χ0n) is 14.7. The predicted molar refractivity (Wildman–Crippen MR) is 92.7 cm³/mol. The second-order valence-corrected chi connectivity index (χ2v) is 6.65. The largest absolute Gasteiger partial charge is 0.491 e. The van der Waals surface area contributed by atoms with E-state index in [0.717, 1.165) is 38.6 Å². The number of likely N-dealkylation sites (tertiary alicyclic amines) is 1. The van der Waals surface area contributed by atoms with E-state index in [4.69, 9.17) is 4.74 Å². The zero-order valence-corrected chi connectivity index (χ0v) is 14.7. The van der Waals surface area contributed by atoms with Crippen LogP contribution in [0.15, 0.2) is 18.2 Å². The maximum Gasteiger partial charge on any atom is 0.335 e. The first-order valence-electron chi connectivity index (χ1n) is 8.78. The van der Waals surface area contributed by atoms with E-state index in [1.165, 1.54) is 12.1 Å². The third kappa shape index (κ3) is 4.49. The van der Waals surface area contributed by atoms with E-state index in [1.807, 2.05) is 18.7 Å². The van der Waals surface area contributed by atoms with Gasteiger partial charge in [0.25, 0.3) is 5.91 Å². The van der Waals surface area contributed by atoms with Crippen LogP contribution in [0.2, 0.25) is 0 Å². The monoisotopic (exact) mass is 333 g/mol. The molecule has 0 spiro atoms. The van der Waals surface area contributed by atoms with Crippen LogP contribution in [0.3, 0.4) is 0 Å². The summed E-state index contributed by atoms with van der Waals surface area (Å²) >= 11 is 0. The molecule has 1 N–H and O–H groups in total. The summed E-state index contributed by atoms with van der Waals surface area (Å²) in [5.74, 6) is -0.718. The summed E-state index contributed by atoms with van der Waals surface area (Å²) in [7, 11) is 0. The number of ether oxygens (including phenoxy) is 1. The molecular formula is C19H27NO4. The smallest absolute Gasteiger partial charge is 0.335 e. The highest BCUT2D eigenvalue weighted by molar-refractivity contribution is 5.98. The van der Waals surface area contributed by atoms with Gasteiger partial charge in [-0.2, -0.15) is 0 Å². The van der Waals surface area contributed by atoms with Gasteiger partial charge >= 0.3 is 5.97 Å². The summed E-state index contributed by atoms with van der Waals surface area (Å²) in [6.45, 7) is 6.63.